The van der Waals surface area contributed by atoms with Gasteiger partial charge in [0.2, 0.25) is 0 Å². The normalized spacial score (nSPS) is 12.7. The number of carboxylic acid groups (broad SMARTS) is 1. The Kier molecular flexibility index (Phi) is 7.81. The molecule has 3 N–H and O–H groups in total. The molecule has 0 bridgehead atoms. The highest BCUT2D eigenvalue weighted by molar-refractivity contribution is 7.98. The van der Waals surface area contributed by atoms with Gasteiger partial charge in [0.05, 0.1) is 0 Å². The summed E-state index contributed by atoms with van der Waals surface area (Å²) in [5.74, 6) is -0.898. The lowest BCUT2D eigenvalue weighted by Crippen LogP contribution is -2.41. The molecule has 0 saturated carbocycles. The molecule has 0 aliphatic heterocycles. The van der Waals surface area contributed by atoms with Crippen LogP contribution in [0.1, 0.15) is 34.0 Å². The molecule has 3 rings (SSSR count). The SMILES string of the molecule is CSCC[C@H](NC(=O)c1ccc(C(O)c2ccncc2)cc1-c1ccccc1)C(=O)O. The summed E-state index contributed by atoms with van der Waals surface area (Å²) in [5, 5.41) is 22.9. The average molecular weight is 437 g/mol. The quantitative estimate of drug-likeness (QED) is 0.472. The second kappa shape index (κ2) is 10.7. The number of nitrogens with one attached hydrogen (secondary N) is 1. The first-order chi connectivity index (χ1) is 15.0. The number of thioether (sulfide) groups is 1. The van der Waals surface area contributed by atoms with Gasteiger partial charge in [-0.3, -0.25) is 9.78 Å². The third kappa shape index (κ3) is 5.71. The number of hydrogen-bond acceptors (Lipinski definition) is 5. The maximum atomic E-state index is 13.0. The first-order valence-electron chi connectivity index (χ1n) is 9.81. The third-order valence-corrected chi connectivity index (χ3v) is 5.57. The number of nitrogens with zero attached hydrogens (tertiary/aromatic N) is 1. The Bertz CT molecular complexity index is 1030. The number of carboxylic acids is 1. The molecule has 160 valence electrons. The van der Waals surface area contributed by atoms with E-state index in [1.165, 1.54) is 11.8 Å². The minimum Gasteiger partial charge on any atom is -0.480 e. The van der Waals surface area contributed by atoms with Crippen LogP contribution in [0.2, 0.25) is 0 Å². The minimum atomic E-state index is -1.06. The highest BCUT2D eigenvalue weighted by Crippen LogP contribution is 2.30. The second-order valence-electron chi connectivity index (χ2n) is 7.00. The summed E-state index contributed by atoms with van der Waals surface area (Å²) in [5.41, 5.74) is 3.09. The highest BCUT2D eigenvalue weighted by Gasteiger charge is 2.23. The van der Waals surface area contributed by atoms with Crippen molar-refractivity contribution in [3.8, 4) is 11.1 Å². The van der Waals surface area contributed by atoms with Crippen LogP contribution in [-0.2, 0) is 4.79 Å². The number of amides is 1. The van der Waals surface area contributed by atoms with E-state index in [4.69, 9.17) is 0 Å². The first-order valence-corrected chi connectivity index (χ1v) is 11.2. The Balaban J connectivity index is 1.98. The van der Waals surface area contributed by atoms with Crippen LogP contribution < -0.4 is 5.32 Å². The van der Waals surface area contributed by atoms with Crippen LogP contribution in [0.4, 0.5) is 0 Å². The van der Waals surface area contributed by atoms with Gasteiger partial charge in [-0.25, -0.2) is 4.79 Å². The Morgan fingerprint density at radius 1 is 1.03 bits per heavy atom. The fourth-order valence-corrected chi connectivity index (χ4v) is 3.73. The molecular formula is C24H24N2O4S. The Hall–Kier alpha value is -3.16. The molecule has 6 nitrogen and oxygen atoms in total. The molecule has 0 aliphatic rings. The molecule has 0 fully saturated rings. The van der Waals surface area contributed by atoms with Crippen LogP contribution in [-0.4, -0.2) is 45.1 Å². The summed E-state index contributed by atoms with van der Waals surface area (Å²) in [7, 11) is 0. The van der Waals surface area contributed by atoms with E-state index in [-0.39, 0.29) is 0 Å². The van der Waals surface area contributed by atoms with E-state index in [0.717, 1.165) is 5.56 Å². The largest absolute Gasteiger partial charge is 0.480 e. The van der Waals surface area contributed by atoms with Gasteiger partial charge in [-0.1, -0.05) is 36.4 Å². The number of benzene rings is 2. The number of aromatic nitrogens is 1. The zero-order valence-electron chi connectivity index (χ0n) is 17.1. The summed E-state index contributed by atoms with van der Waals surface area (Å²) in [4.78, 5) is 28.6. The van der Waals surface area contributed by atoms with E-state index in [0.29, 0.717) is 34.4 Å². The van der Waals surface area contributed by atoms with Gasteiger partial charge >= 0.3 is 5.97 Å². The fourth-order valence-electron chi connectivity index (χ4n) is 3.25. The van der Waals surface area contributed by atoms with E-state index >= 15 is 0 Å². The number of aliphatic carboxylic acids is 1. The molecule has 0 spiro atoms. The van der Waals surface area contributed by atoms with Crippen LogP contribution in [0.3, 0.4) is 0 Å². The number of aliphatic hydroxyl groups excluding tert-OH is 1. The third-order valence-electron chi connectivity index (χ3n) is 4.92. The van der Waals surface area contributed by atoms with Crippen LogP contribution in [0.5, 0.6) is 0 Å². The number of carbonyl (C=O) groups is 2. The van der Waals surface area contributed by atoms with Gasteiger partial charge in [0.15, 0.2) is 0 Å². The van der Waals surface area contributed by atoms with E-state index in [2.05, 4.69) is 10.3 Å². The topological polar surface area (TPSA) is 99.5 Å². The van der Waals surface area contributed by atoms with Gasteiger partial charge in [0, 0.05) is 18.0 Å². The Morgan fingerprint density at radius 3 is 2.39 bits per heavy atom. The number of hydrogen-bond donors (Lipinski definition) is 3. The van der Waals surface area contributed by atoms with Crippen molar-refractivity contribution in [2.45, 2.75) is 18.6 Å². The van der Waals surface area contributed by atoms with Crippen molar-refractivity contribution in [1.29, 1.82) is 0 Å². The lowest BCUT2D eigenvalue weighted by Gasteiger charge is -2.18. The van der Waals surface area contributed by atoms with Gasteiger partial charge in [-0.15, -0.1) is 0 Å². The number of carbonyl (C=O) groups excluding carboxylic acids is 1. The summed E-state index contributed by atoms with van der Waals surface area (Å²) in [6.45, 7) is 0. The monoisotopic (exact) mass is 436 g/mol. The predicted molar refractivity (Wildman–Crippen MR) is 122 cm³/mol. The van der Waals surface area contributed by atoms with Crippen molar-refractivity contribution < 1.29 is 19.8 Å². The molecule has 1 amide bonds. The number of rotatable bonds is 9. The lowest BCUT2D eigenvalue weighted by molar-refractivity contribution is -0.139. The van der Waals surface area contributed by atoms with Crippen molar-refractivity contribution in [3.05, 3.63) is 89.7 Å². The molecule has 0 aliphatic carbocycles. The number of aliphatic hydroxyl groups is 1. The lowest BCUT2D eigenvalue weighted by atomic mass is 9.93. The summed E-state index contributed by atoms with van der Waals surface area (Å²) < 4.78 is 0. The van der Waals surface area contributed by atoms with Gasteiger partial charge in [0.25, 0.3) is 5.91 Å². The summed E-state index contributed by atoms with van der Waals surface area (Å²) >= 11 is 1.53. The minimum absolute atomic E-state index is 0.335. The Labute approximate surface area is 185 Å². The number of pyridine rings is 1. The summed E-state index contributed by atoms with van der Waals surface area (Å²) in [6.07, 6.45) is 4.57. The van der Waals surface area contributed by atoms with Crippen LogP contribution in [0.25, 0.3) is 11.1 Å². The van der Waals surface area contributed by atoms with Crippen molar-refractivity contribution in [3.63, 3.8) is 0 Å². The Morgan fingerprint density at radius 2 is 1.74 bits per heavy atom. The molecule has 0 radical (unpaired) electrons. The molecule has 1 heterocycles. The first kappa shape index (κ1) is 22.5. The van der Waals surface area contributed by atoms with Crippen LogP contribution in [0, 0.1) is 0 Å². The van der Waals surface area contributed by atoms with Gasteiger partial charge < -0.3 is 15.5 Å². The van der Waals surface area contributed by atoms with Crippen molar-refractivity contribution in [2.75, 3.05) is 12.0 Å². The maximum absolute atomic E-state index is 13.0. The van der Waals surface area contributed by atoms with Crippen molar-refractivity contribution in [1.82, 2.24) is 10.3 Å². The molecule has 1 aromatic heterocycles. The molecule has 0 saturated heterocycles. The zero-order valence-corrected chi connectivity index (χ0v) is 17.9. The van der Waals surface area contributed by atoms with E-state index in [1.54, 1.807) is 42.7 Å². The van der Waals surface area contributed by atoms with E-state index < -0.39 is 24.0 Å². The molecule has 1 unspecified atom stereocenters. The molecule has 2 atom stereocenters. The fraction of sp³-hybridized carbons (Fsp3) is 0.208. The molecule has 7 heteroatoms. The van der Waals surface area contributed by atoms with Crippen molar-refractivity contribution >= 4 is 23.6 Å². The average Bonchev–Trinajstić information content (AvgIpc) is 2.81. The smallest absolute Gasteiger partial charge is 0.326 e. The van der Waals surface area contributed by atoms with Crippen LogP contribution in [0.15, 0.2) is 73.1 Å². The van der Waals surface area contributed by atoms with Crippen LogP contribution >= 0.6 is 11.8 Å². The van der Waals surface area contributed by atoms with Gasteiger partial charge in [-0.2, -0.15) is 11.8 Å². The second-order valence-corrected chi connectivity index (χ2v) is 7.99. The zero-order chi connectivity index (χ0) is 22.2. The maximum Gasteiger partial charge on any atom is 0.326 e. The molecule has 3 aromatic rings. The van der Waals surface area contributed by atoms with E-state index in [9.17, 15) is 19.8 Å². The van der Waals surface area contributed by atoms with Gasteiger partial charge in [-0.05, 0) is 64.9 Å². The van der Waals surface area contributed by atoms with E-state index in [1.807, 2.05) is 36.6 Å². The predicted octanol–water partition coefficient (Wildman–Crippen LogP) is 3.77. The standard InChI is InChI=1S/C24H24N2O4S/c1-31-14-11-21(24(29)30)26-23(28)19-8-7-18(22(27)17-9-12-25-13-10-17)15-20(19)16-5-3-2-4-6-16/h2-10,12-13,15,21-22,27H,11,14H2,1H3,(H,26,28)(H,29,30)/t21-,22?/m0/s1. The summed E-state index contributed by atoms with van der Waals surface area (Å²) in [6, 6.07) is 16.9. The van der Waals surface area contributed by atoms with Crippen molar-refractivity contribution in [2.24, 2.45) is 0 Å². The molecule has 31 heavy (non-hydrogen) atoms. The van der Waals surface area contributed by atoms with Gasteiger partial charge in [0.1, 0.15) is 12.1 Å². The molecular weight excluding hydrogens is 412 g/mol. The highest BCUT2D eigenvalue weighted by atomic mass is 32.2. The molecule has 2 aromatic carbocycles.